The van der Waals surface area contributed by atoms with Gasteiger partial charge in [0.25, 0.3) is 0 Å². The van der Waals surface area contributed by atoms with E-state index in [1.165, 1.54) is 12.8 Å². The van der Waals surface area contributed by atoms with Gasteiger partial charge in [-0.3, -0.25) is 0 Å². The van der Waals surface area contributed by atoms with Crippen molar-refractivity contribution < 1.29 is 4.74 Å². The molecule has 1 aromatic heterocycles. The van der Waals surface area contributed by atoms with Crippen LogP contribution in [0.4, 0.5) is 0 Å². The van der Waals surface area contributed by atoms with E-state index in [9.17, 15) is 0 Å². The number of hydrogen-bond donors (Lipinski definition) is 1. The number of nitrogens with one attached hydrogen (secondary N) is 1. The van der Waals surface area contributed by atoms with Gasteiger partial charge in [-0.25, -0.2) is 9.97 Å². The fourth-order valence-electron chi connectivity index (χ4n) is 1.74. The number of nitrogens with zero attached hydrogens (tertiary/aromatic N) is 2. The van der Waals surface area contributed by atoms with Crippen LogP contribution < -0.4 is 10.1 Å². The molecule has 0 amide bonds. The van der Waals surface area contributed by atoms with Crippen molar-refractivity contribution >= 4 is 0 Å². The van der Waals surface area contributed by atoms with Crippen LogP contribution in [0.1, 0.15) is 18.5 Å². The van der Waals surface area contributed by atoms with E-state index in [1.807, 2.05) is 13.0 Å². The van der Waals surface area contributed by atoms with E-state index in [-0.39, 0.29) is 0 Å². The summed E-state index contributed by atoms with van der Waals surface area (Å²) in [7, 11) is 0. The van der Waals surface area contributed by atoms with Crippen molar-refractivity contribution in [1.82, 2.24) is 15.3 Å². The fourth-order valence-corrected chi connectivity index (χ4v) is 1.74. The first-order chi connectivity index (χ1) is 7.34. The van der Waals surface area contributed by atoms with E-state index in [2.05, 4.69) is 15.3 Å². The Morgan fingerprint density at radius 1 is 1.47 bits per heavy atom. The number of ether oxygens (including phenoxy) is 1. The van der Waals surface area contributed by atoms with E-state index in [1.54, 1.807) is 6.20 Å². The van der Waals surface area contributed by atoms with Crippen molar-refractivity contribution in [3.63, 3.8) is 0 Å². The Bertz CT molecular complexity index is 310. The lowest BCUT2D eigenvalue weighted by molar-refractivity contribution is 0.201. The minimum atomic E-state index is 0.508. The molecule has 1 saturated heterocycles. The van der Waals surface area contributed by atoms with E-state index in [0.29, 0.717) is 11.9 Å². The zero-order chi connectivity index (χ0) is 10.5. The van der Waals surface area contributed by atoms with Gasteiger partial charge >= 0.3 is 6.01 Å². The molecule has 0 bridgehead atoms. The summed E-state index contributed by atoms with van der Waals surface area (Å²) in [6.45, 7) is 4.88. The molecule has 0 atom stereocenters. The van der Waals surface area contributed by atoms with Crippen LogP contribution in [0.3, 0.4) is 0 Å². The molecule has 2 heterocycles. The quantitative estimate of drug-likeness (QED) is 0.808. The Morgan fingerprint density at radius 2 is 2.27 bits per heavy atom. The lowest BCUT2D eigenvalue weighted by Crippen LogP contribution is -2.30. The summed E-state index contributed by atoms with van der Waals surface area (Å²) in [5, 5.41) is 3.34. The maximum absolute atomic E-state index is 5.58. The summed E-state index contributed by atoms with van der Waals surface area (Å²) in [6.07, 6.45) is 4.11. The van der Waals surface area contributed by atoms with Gasteiger partial charge in [0.15, 0.2) is 0 Å². The first kappa shape index (κ1) is 10.4. The summed E-state index contributed by atoms with van der Waals surface area (Å²) in [6, 6.07) is 2.38. The van der Waals surface area contributed by atoms with E-state index >= 15 is 0 Å². The predicted octanol–water partition coefficient (Wildman–Crippen LogP) is 1.16. The summed E-state index contributed by atoms with van der Waals surface area (Å²) in [5.74, 6) is 0.648. The zero-order valence-corrected chi connectivity index (χ0v) is 9.07. The molecule has 0 aromatic carbocycles. The highest BCUT2D eigenvalue weighted by atomic mass is 16.5. The molecule has 4 nitrogen and oxygen atoms in total. The van der Waals surface area contributed by atoms with Gasteiger partial charge in [0.1, 0.15) is 0 Å². The molecule has 0 saturated carbocycles. The van der Waals surface area contributed by atoms with E-state index in [4.69, 9.17) is 4.74 Å². The van der Waals surface area contributed by atoms with Crippen molar-refractivity contribution in [2.75, 3.05) is 19.7 Å². The summed E-state index contributed by atoms with van der Waals surface area (Å²) in [4.78, 5) is 8.28. The maximum Gasteiger partial charge on any atom is 0.316 e. The molecule has 0 aliphatic carbocycles. The molecule has 1 aliphatic rings. The van der Waals surface area contributed by atoms with Crippen LogP contribution in [0.15, 0.2) is 12.3 Å². The molecule has 1 aliphatic heterocycles. The highest BCUT2D eigenvalue weighted by molar-refractivity contribution is 5.02. The molecular formula is C11H17N3O. The normalized spacial score (nSPS) is 17.7. The van der Waals surface area contributed by atoms with Crippen LogP contribution >= 0.6 is 0 Å². The smallest absolute Gasteiger partial charge is 0.316 e. The molecular weight excluding hydrogens is 190 g/mol. The van der Waals surface area contributed by atoms with Crippen LogP contribution in [-0.2, 0) is 0 Å². The molecule has 82 valence electrons. The van der Waals surface area contributed by atoms with Gasteiger partial charge in [-0.05, 0) is 44.8 Å². The van der Waals surface area contributed by atoms with Crippen molar-refractivity contribution in [3.05, 3.63) is 18.0 Å². The van der Waals surface area contributed by atoms with Crippen LogP contribution in [0, 0.1) is 12.8 Å². The Labute approximate surface area is 90.1 Å². The number of aromatic nitrogens is 2. The minimum absolute atomic E-state index is 0.508. The number of rotatable bonds is 3. The molecule has 4 heteroatoms. The SMILES string of the molecule is Cc1ccnc(OCC2CCNCC2)n1. The van der Waals surface area contributed by atoms with Crippen LogP contribution in [0.5, 0.6) is 6.01 Å². The van der Waals surface area contributed by atoms with Gasteiger partial charge in [-0.1, -0.05) is 0 Å². The number of hydrogen-bond acceptors (Lipinski definition) is 4. The summed E-state index contributed by atoms with van der Waals surface area (Å²) >= 11 is 0. The van der Waals surface area contributed by atoms with Gasteiger partial charge in [-0.15, -0.1) is 0 Å². The van der Waals surface area contributed by atoms with Gasteiger partial charge < -0.3 is 10.1 Å². The maximum atomic E-state index is 5.58. The Hall–Kier alpha value is -1.16. The van der Waals surface area contributed by atoms with Crippen molar-refractivity contribution in [3.8, 4) is 6.01 Å². The fraction of sp³-hybridized carbons (Fsp3) is 0.636. The number of aryl methyl sites for hydroxylation is 1. The number of piperidine rings is 1. The average Bonchev–Trinajstić information content (AvgIpc) is 2.28. The topological polar surface area (TPSA) is 47.0 Å². The largest absolute Gasteiger partial charge is 0.463 e. The second-order valence-electron chi connectivity index (χ2n) is 3.98. The Balaban J connectivity index is 1.81. The Morgan fingerprint density at radius 3 is 3.00 bits per heavy atom. The van der Waals surface area contributed by atoms with Crippen molar-refractivity contribution in [1.29, 1.82) is 0 Å². The monoisotopic (exact) mass is 207 g/mol. The second kappa shape index (κ2) is 5.07. The third-order valence-corrected chi connectivity index (χ3v) is 2.68. The predicted molar refractivity (Wildman–Crippen MR) is 57.9 cm³/mol. The summed E-state index contributed by atoms with van der Waals surface area (Å²) < 4.78 is 5.58. The van der Waals surface area contributed by atoms with Gasteiger partial charge in [0.2, 0.25) is 0 Å². The molecule has 2 rings (SSSR count). The lowest BCUT2D eigenvalue weighted by atomic mass is 9.99. The second-order valence-corrected chi connectivity index (χ2v) is 3.98. The first-order valence-corrected chi connectivity index (χ1v) is 5.48. The summed E-state index contributed by atoms with van der Waals surface area (Å²) in [5.41, 5.74) is 0.949. The van der Waals surface area contributed by atoms with Crippen LogP contribution in [0.2, 0.25) is 0 Å². The molecule has 15 heavy (non-hydrogen) atoms. The van der Waals surface area contributed by atoms with Crippen molar-refractivity contribution in [2.24, 2.45) is 5.92 Å². The highest BCUT2D eigenvalue weighted by Gasteiger charge is 2.13. The third kappa shape index (κ3) is 3.16. The van der Waals surface area contributed by atoms with Crippen LogP contribution in [0.25, 0.3) is 0 Å². The Kier molecular flexibility index (Phi) is 3.50. The molecule has 0 unspecified atom stereocenters. The third-order valence-electron chi connectivity index (χ3n) is 2.68. The van der Waals surface area contributed by atoms with Gasteiger partial charge in [0.05, 0.1) is 6.61 Å². The van der Waals surface area contributed by atoms with E-state index in [0.717, 1.165) is 25.4 Å². The molecule has 1 N–H and O–H groups in total. The molecule has 0 spiro atoms. The molecule has 1 fully saturated rings. The highest BCUT2D eigenvalue weighted by Crippen LogP contribution is 2.13. The van der Waals surface area contributed by atoms with Crippen molar-refractivity contribution in [2.45, 2.75) is 19.8 Å². The lowest BCUT2D eigenvalue weighted by Gasteiger charge is -2.21. The molecule has 1 aromatic rings. The standard InChI is InChI=1S/C11H17N3O/c1-9-2-7-13-11(14-9)15-8-10-3-5-12-6-4-10/h2,7,10,12H,3-6,8H2,1H3. The first-order valence-electron chi connectivity index (χ1n) is 5.48. The molecule has 0 radical (unpaired) electrons. The van der Waals surface area contributed by atoms with Crippen LogP contribution in [-0.4, -0.2) is 29.7 Å². The minimum Gasteiger partial charge on any atom is -0.463 e. The van der Waals surface area contributed by atoms with E-state index < -0.39 is 0 Å². The average molecular weight is 207 g/mol. The van der Waals surface area contributed by atoms with Gasteiger partial charge in [0, 0.05) is 11.9 Å². The zero-order valence-electron chi connectivity index (χ0n) is 9.07. The van der Waals surface area contributed by atoms with Gasteiger partial charge in [-0.2, -0.15) is 0 Å².